The van der Waals surface area contributed by atoms with Crippen molar-refractivity contribution in [3.8, 4) is 0 Å². The van der Waals surface area contributed by atoms with Crippen molar-refractivity contribution in [1.82, 2.24) is 4.98 Å². The van der Waals surface area contributed by atoms with E-state index < -0.39 is 11.6 Å². The Morgan fingerprint density at radius 2 is 2.35 bits per heavy atom. The van der Waals surface area contributed by atoms with Gasteiger partial charge in [0.1, 0.15) is 11.4 Å². The zero-order valence-corrected chi connectivity index (χ0v) is 11.1. The Morgan fingerprint density at radius 1 is 1.55 bits per heavy atom. The summed E-state index contributed by atoms with van der Waals surface area (Å²) in [4.78, 5) is 26.6. The molecule has 1 unspecified atom stereocenters. The SMILES string of the molecule is CC1(C(=O)Nc2cc(/C=C/C(=O)O)ccn2)CCCO1. The number of nitrogens with zero attached hydrogens (tertiary/aromatic N) is 1. The first-order valence-corrected chi connectivity index (χ1v) is 6.32. The third kappa shape index (κ3) is 3.42. The molecule has 1 aliphatic rings. The van der Waals surface area contributed by atoms with Crippen LogP contribution in [0.25, 0.3) is 6.08 Å². The molecule has 0 radical (unpaired) electrons. The number of carboxylic acid groups (broad SMARTS) is 1. The fraction of sp³-hybridized carbons (Fsp3) is 0.357. The van der Waals surface area contributed by atoms with Crippen molar-refractivity contribution in [1.29, 1.82) is 0 Å². The van der Waals surface area contributed by atoms with Crippen LogP contribution < -0.4 is 5.32 Å². The van der Waals surface area contributed by atoms with Crippen LogP contribution in [0.4, 0.5) is 5.82 Å². The van der Waals surface area contributed by atoms with Gasteiger partial charge in [-0.15, -0.1) is 0 Å². The van der Waals surface area contributed by atoms with Crippen molar-refractivity contribution in [2.75, 3.05) is 11.9 Å². The summed E-state index contributed by atoms with van der Waals surface area (Å²) in [6.07, 6.45) is 5.51. The molecule has 2 rings (SSSR count). The van der Waals surface area contributed by atoms with E-state index in [-0.39, 0.29) is 5.91 Å². The molecule has 1 aliphatic heterocycles. The number of hydrogen-bond acceptors (Lipinski definition) is 4. The second kappa shape index (κ2) is 5.83. The molecule has 2 N–H and O–H groups in total. The molecular formula is C14H16N2O4. The normalized spacial score (nSPS) is 22.1. The molecule has 106 valence electrons. The van der Waals surface area contributed by atoms with Crippen molar-refractivity contribution < 1.29 is 19.4 Å². The topological polar surface area (TPSA) is 88.5 Å². The average molecular weight is 276 g/mol. The number of rotatable bonds is 4. The maximum Gasteiger partial charge on any atom is 0.328 e. The smallest absolute Gasteiger partial charge is 0.328 e. The van der Waals surface area contributed by atoms with Crippen LogP contribution in [0.15, 0.2) is 24.4 Å². The molecule has 1 aromatic rings. The molecule has 1 amide bonds. The van der Waals surface area contributed by atoms with E-state index >= 15 is 0 Å². The summed E-state index contributed by atoms with van der Waals surface area (Å²) in [5.41, 5.74) is -0.163. The van der Waals surface area contributed by atoms with E-state index in [9.17, 15) is 9.59 Å². The molecule has 2 heterocycles. The van der Waals surface area contributed by atoms with E-state index in [1.165, 1.54) is 12.3 Å². The molecule has 1 saturated heterocycles. The van der Waals surface area contributed by atoms with Gasteiger partial charge in [-0.25, -0.2) is 9.78 Å². The minimum atomic E-state index is -1.03. The van der Waals surface area contributed by atoms with Gasteiger partial charge in [-0.2, -0.15) is 0 Å². The van der Waals surface area contributed by atoms with Crippen LogP contribution in [0.3, 0.4) is 0 Å². The van der Waals surface area contributed by atoms with Crippen molar-refractivity contribution >= 4 is 23.8 Å². The van der Waals surface area contributed by atoms with Crippen molar-refractivity contribution in [2.45, 2.75) is 25.4 Å². The van der Waals surface area contributed by atoms with Crippen LogP contribution in [0.5, 0.6) is 0 Å². The largest absolute Gasteiger partial charge is 0.478 e. The monoisotopic (exact) mass is 276 g/mol. The third-order valence-electron chi connectivity index (χ3n) is 3.14. The maximum absolute atomic E-state index is 12.1. The molecule has 1 aromatic heterocycles. The minimum absolute atomic E-state index is 0.234. The molecule has 0 aliphatic carbocycles. The number of carbonyl (C=O) groups is 2. The maximum atomic E-state index is 12.1. The molecule has 0 bridgehead atoms. The predicted octanol–water partition coefficient (Wildman–Crippen LogP) is 1.69. The van der Waals surface area contributed by atoms with Crippen LogP contribution in [0.1, 0.15) is 25.3 Å². The molecular weight excluding hydrogens is 260 g/mol. The number of carboxylic acids is 1. The van der Waals surface area contributed by atoms with E-state index in [4.69, 9.17) is 9.84 Å². The zero-order chi connectivity index (χ0) is 14.6. The summed E-state index contributed by atoms with van der Waals surface area (Å²) in [7, 11) is 0. The van der Waals surface area contributed by atoms with Gasteiger partial charge in [-0.1, -0.05) is 0 Å². The second-order valence-electron chi connectivity index (χ2n) is 4.78. The van der Waals surface area contributed by atoms with Crippen LogP contribution >= 0.6 is 0 Å². The minimum Gasteiger partial charge on any atom is -0.478 e. The predicted molar refractivity (Wildman–Crippen MR) is 73.1 cm³/mol. The van der Waals surface area contributed by atoms with Crippen LogP contribution in [-0.2, 0) is 14.3 Å². The highest BCUT2D eigenvalue weighted by atomic mass is 16.5. The summed E-state index contributed by atoms with van der Waals surface area (Å²) in [6.45, 7) is 2.34. The molecule has 20 heavy (non-hydrogen) atoms. The lowest BCUT2D eigenvalue weighted by Gasteiger charge is -2.21. The number of aromatic nitrogens is 1. The lowest BCUT2D eigenvalue weighted by Crippen LogP contribution is -2.39. The lowest BCUT2D eigenvalue weighted by molar-refractivity contribution is -0.134. The third-order valence-corrected chi connectivity index (χ3v) is 3.14. The molecule has 0 saturated carbocycles. The van der Waals surface area contributed by atoms with Crippen LogP contribution in [0.2, 0.25) is 0 Å². The number of pyridine rings is 1. The summed E-state index contributed by atoms with van der Waals surface area (Å²) >= 11 is 0. The molecule has 1 fully saturated rings. The number of carbonyl (C=O) groups excluding carboxylic acids is 1. The fourth-order valence-electron chi connectivity index (χ4n) is 1.99. The Balaban J connectivity index is 2.08. The van der Waals surface area contributed by atoms with Crippen LogP contribution in [0, 0.1) is 0 Å². The van der Waals surface area contributed by atoms with Gasteiger partial charge in [0, 0.05) is 18.9 Å². The van der Waals surface area contributed by atoms with Gasteiger partial charge in [0.05, 0.1) is 0 Å². The van der Waals surface area contributed by atoms with E-state index in [2.05, 4.69) is 10.3 Å². The van der Waals surface area contributed by atoms with E-state index in [0.29, 0.717) is 24.4 Å². The zero-order valence-electron chi connectivity index (χ0n) is 11.1. The first kappa shape index (κ1) is 14.2. The molecule has 0 spiro atoms. The lowest BCUT2D eigenvalue weighted by atomic mass is 10.0. The molecule has 6 nitrogen and oxygen atoms in total. The van der Waals surface area contributed by atoms with E-state index in [0.717, 1.165) is 12.5 Å². The van der Waals surface area contributed by atoms with Crippen LogP contribution in [-0.4, -0.2) is 34.2 Å². The van der Waals surface area contributed by atoms with Gasteiger partial charge in [0.25, 0.3) is 5.91 Å². The van der Waals surface area contributed by atoms with Crippen molar-refractivity contribution in [2.24, 2.45) is 0 Å². The fourth-order valence-corrected chi connectivity index (χ4v) is 1.99. The number of nitrogens with one attached hydrogen (secondary N) is 1. The van der Waals surface area contributed by atoms with Crippen molar-refractivity contribution in [3.05, 3.63) is 30.0 Å². The van der Waals surface area contributed by atoms with Gasteiger partial charge in [-0.3, -0.25) is 4.79 Å². The number of hydrogen-bond donors (Lipinski definition) is 2. The quantitative estimate of drug-likeness (QED) is 0.817. The van der Waals surface area contributed by atoms with Gasteiger partial charge in [-0.05, 0) is 43.5 Å². The van der Waals surface area contributed by atoms with Gasteiger partial charge in [0.2, 0.25) is 0 Å². The summed E-state index contributed by atoms with van der Waals surface area (Å²) in [6, 6.07) is 3.26. The van der Waals surface area contributed by atoms with Gasteiger partial charge in [0.15, 0.2) is 0 Å². The Morgan fingerprint density at radius 3 is 3.00 bits per heavy atom. The highest BCUT2D eigenvalue weighted by Crippen LogP contribution is 2.26. The number of aliphatic carboxylic acids is 1. The highest BCUT2D eigenvalue weighted by Gasteiger charge is 2.37. The Bertz CT molecular complexity index is 548. The summed E-state index contributed by atoms with van der Waals surface area (Å²) in [5, 5.41) is 11.3. The molecule has 0 aromatic carbocycles. The Hall–Kier alpha value is -2.21. The van der Waals surface area contributed by atoms with Gasteiger partial charge >= 0.3 is 5.97 Å². The van der Waals surface area contributed by atoms with Gasteiger partial charge < -0.3 is 15.2 Å². The average Bonchev–Trinajstić information content (AvgIpc) is 2.85. The first-order valence-electron chi connectivity index (χ1n) is 6.32. The number of ether oxygens (including phenoxy) is 1. The summed E-state index contributed by atoms with van der Waals surface area (Å²) < 4.78 is 5.45. The number of anilines is 1. The second-order valence-corrected chi connectivity index (χ2v) is 4.78. The standard InChI is InChI=1S/C14H16N2O4/c1-14(6-2-8-20-14)13(19)16-11-9-10(5-7-15-11)3-4-12(17)18/h3-5,7,9H,2,6,8H2,1H3,(H,17,18)(H,15,16,19)/b4-3+. The van der Waals surface area contributed by atoms with Crippen molar-refractivity contribution in [3.63, 3.8) is 0 Å². The highest BCUT2D eigenvalue weighted by molar-refractivity contribution is 5.96. The molecule has 1 atom stereocenters. The van der Waals surface area contributed by atoms with E-state index in [1.54, 1.807) is 19.1 Å². The number of amides is 1. The molecule has 6 heteroatoms. The Kier molecular flexibility index (Phi) is 4.14. The van der Waals surface area contributed by atoms with E-state index in [1.807, 2.05) is 0 Å². The summed E-state index contributed by atoms with van der Waals surface area (Å²) in [5.74, 6) is -0.889. The first-order chi connectivity index (χ1) is 9.49. The Labute approximate surface area is 116 Å².